The third-order valence-corrected chi connectivity index (χ3v) is 0.270. The van der Waals surface area contributed by atoms with E-state index >= 15 is 0 Å². The second-order valence-electron chi connectivity index (χ2n) is 1.05. The van der Waals surface area contributed by atoms with Gasteiger partial charge in [-0.05, 0) is 6.92 Å². The summed E-state index contributed by atoms with van der Waals surface area (Å²) in [7, 11) is 0. The van der Waals surface area contributed by atoms with Crippen molar-refractivity contribution in [2.24, 2.45) is 5.10 Å². The van der Waals surface area contributed by atoms with Crippen LogP contribution in [0.15, 0.2) is 17.4 Å². The molecule has 0 aliphatic carbocycles. The van der Waals surface area contributed by atoms with Crippen LogP contribution in [0.4, 0.5) is 0 Å². The second kappa shape index (κ2) is 2.45. The maximum absolute atomic E-state index is 3.50. The van der Waals surface area contributed by atoms with E-state index in [0.29, 0.717) is 0 Å². The van der Waals surface area contributed by atoms with Gasteiger partial charge in [0, 0.05) is 12.4 Å². The monoisotopic (exact) mass is 84.1 g/mol. The van der Waals surface area contributed by atoms with Crippen LogP contribution in [-0.4, -0.2) is 6.72 Å². The molecular weight excluding hydrogens is 76.1 g/mol. The molecule has 0 aliphatic rings. The predicted molar refractivity (Wildman–Crippen MR) is 27.5 cm³/mol. The first-order valence-corrected chi connectivity index (χ1v) is 1.64. The Hall–Kier alpha value is -0.790. The maximum atomic E-state index is 3.50. The topological polar surface area (TPSA) is 24.4 Å². The van der Waals surface area contributed by atoms with E-state index < -0.39 is 0 Å². The Morgan fingerprint density at radius 3 is 2.33 bits per heavy atom. The highest BCUT2D eigenvalue weighted by atomic mass is 15.3. The lowest BCUT2D eigenvalue weighted by molar-refractivity contribution is 0.904. The van der Waals surface area contributed by atoms with Gasteiger partial charge in [0.1, 0.15) is 0 Å². The van der Waals surface area contributed by atoms with Gasteiger partial charge in [-0.3, -0.25) is 5.43 Å². The third-order valence-electron chi connectivity index (χ3n) is 0.270. The van der Waals surface area contributed by atoms with Crippen LogP contribution >= 0.6 is 0 Å². The number of nitrogens with zero attached hydrogens (tertiary/aromatic N) is 1. The van der Waals surface area contributed by atoms with Crippen LogP contribution in [0.1, 0.15) is 6.92 Å². The highest BCUT2D eigenvalue weighted by molar-refractivity contribution is 5.22. The molecule has 34 valence electrons. The third kappa shape index (κ3) is 3.21. The van der Waals surface area contributed by atoms with E-state index in [1.807, 2.05) is 6.92 Å². The minimum absolute atomic E-state index is 0.810. The molecule has 0 radical (unpaired) electrons. The summed E-state index contributed by atoms with van der Waals surface area (Å²) < 4.78 is 0. The smallest absolute Gasteiger partial charge is 0.0233 e. The Balaban J connectivity index is 3.05. The van der Waals surface area contributed by atoms with Gasteiger partial charge < -0.3 is 0 Å². The summed E-state index contributed by atoms with van der Waals surface area (Å²) in [5.41, 5.74) is 3.34. The van der Waals surface area contributed by atoms with E-state index in [9.17, 15) is 0 Å². The average molecular weight is 84.1 g/mol. The summed E-state index contributed by atoms with van der Waals surface area (Å²) in [5.74, 6) is 0. The van der Waals surface area contributed by atoms with Gasteiger partial charge in [-0.25, -0.2) is 0 Å². The van der Waals surface area contributed by atoms with Crippen molar-refractivity contribution in [2.45, 2.75) is 6.92 Å². The molecule has 0 atom stereocenters. The van der Waals surface area contributed by atoms with Gasteiger partial charge in [-0.1, -0.05) is 6.58 Å². The first kappa shape index (κ1) is 5.21. The molecule has 0 spiro atoms. The van der Waals surface area contributed by atoms with E-state index in [1.165, 1.54) is 0 Å². The summed E-state index contributed by atoms with van der Waals surface area (Å²) in [6, 6.07) is 0. The summed E-state index contributed by atoms with van der Waals surface area (Å²) in [4.78, 5) is 0. The van der Waals surface area contributed by atoms with Crippen LogP contribution < -0.4 is 5.43 Å². The minimum Gasteiger partial charge on any atom is -0.284 e. The fourth-order valence-electron chi connectivity index (χ4n) is 0.135. The van der Waals surface area contributed by atoms with Crippen molar-refractivity contribution in [3.05, 3.63) is 12.3 Å². The quantitative estimate of drug-likeness (QED) is 0.387. The van der Waals surface area contributed by atoms with E-state index in [-0.39, 0.29) is 0 Å². The van der Waals surface area contributed by atoms with Crippen LogP contribution in [-0.2, 0) is 0 Å². The lowest BCUT2D eigenvalue weighted by Crippen LogP contribution is -1.96. The normalized spacial score (nSPS) is 6.83. The van der Waals surface area contributed by atoms with Crippen molar-refractivity contribution in [1.29, 1.82) is 0 Å². The Kier molecular flexibility index (Phi) is 2.13. The fourth-order valence-corrected chi connectivity index (χ4v) is 0.135. The predicted octanol–water partition coefficient (Wildman–Crippen LogP) is 0.725. The molecule has 0 saturated heterocycles. The SMILES string of the molecule is C=NNC(=C)C. The van der Waals surface area contributed by atoms with Crippen molar-refractivity contribution in [3.8, 4) is 0 Å². The van der Waals surface area contributed by atoms with Gasteiger partial charge in [-0.2, -0.15) is 5.10 Å². The first-order chi connectivity index (χ1) is 2.77. The van der Waals surface area contributed by atoms with Gasteiger partial charge in [0.15, 0.2) is 0 Å². The number of hydrogen-bond donors (Lipinski definition) is 1. The van der Waals surface area contributed by atoms with Gasteiger partial charge in [-0.15, -0.1) is 0 Å². The molecule has 0 aromatic carbocycles. The lowest BCUT2D eigenvalue weighted by Gasteiger charge is -1.89. The molecule has 0 heterocycles. The molecular formula is C4H8N2. The van der Waals surface area contributed by atoms with Crippen LogP contribution in [0.5, 0.6) is 0 Å². The summed E-state index contributed by atoms with van der Waals surface area (Å²) in [6.07, 6.45) is 0. The molecule has 0 aromatic rings. The van der Waals surface area contributed by atoms with Crippen molar-refractivity contribution >= 4 is 6.72 Å². The van der Waals surface area contributed by atoms with Crippen molar-refractivity contribution < 1.29 is 0 Å². The number of rotatable bonds is 2. The fraction of sp³-hybridized carbons (Fsp3) is 0.250. The van der Waals surface area contributed by atoms with E-state index in [2.05, 4.69) is 23.8 Å². The molecule has 0 aromatic heterocycles. The number of hydrazone groups is 1. The maximum Gasteiger partial charge on any atom is 0.0233 e. The minimum atomic E-state index is 0.810. The Labute approximate surface area is 37.6 Å². The van der Waals surface area contributed by atoms with E-state index in [1.54, 1.807) is 0 Å². The average Bonchev–Trinajstić information content (AvgIpc) is 1.35. The highest BCUT2D eigenvalue weighted by Gasteiger charge is 1.67. The molecule has 0 amide bonds. The molecule has 2 heteroatoms. The number of hydrogen-bond acceptors (Lipinski definition) is 2. The zero-order chi connectivity index (χ0) is 4.99. The Bertz CT molecular complexity index is 65.9. The van der Waals surface area contributed by atoms with Crippen molar-refractivity contribution in [1.82, 2.24) is 5.43 Å². The standard InChI is InChI=1S/C4H8N2/c1-4(2)6-5-3/h6H,1,3H2,2H3. The van der Waals surface area contributed by atoms with E-state index in [0.717, 1.165) is 5.70 Å². The Morgan fingerprint density at radius 1 is 1.83 bits per heavy atom. The van der Waals surface area contributed by atoms with Crippen LogP contribution in [0, 0.1) is 0 Å². The van der Waals surface area contributed by atoms with Crippen LogP contribution in [0.2, 0.25) is 0 Å². The van der Waals surface area contributed by atoms with Gasteiger partial charge >= 0.3 is 0 Å². The van der Waals surface area contributed by atoms with Crippen LogP contribution in [0.25, 0.3) is 0 Å². The summed E-state index contributed by atoms with van der Waals surface area (Å²) in [6.45, 7) is 8.49. The molecule has 6 heavy (non-hydrogen) atoms. The lowest BCUT2D eigenvalue weighted by atomic mass is 10.6. The number of nitrogens with one attached hydrogen (secondary N) is 1. The number of allylic oxidation sites excluding steroid dienone is 1. The molecule has 2 nitrogen and oxygen atoms in total. The largest absolute Gasteiger partial charge is 0.284 e. The van der Waals surface area contributed by atoms with Gasteiger partial charge in [0.25, 0.3) is 0 Å². The zero-order valence-electron chi connectivity index (χ0n) is 3.86. The van der Waals surface area contributed by atoms with Crippen LogP contribution in [0.3, 0.4) is 0 Å². The van der Waals surface area contributed by atoms with Crippen molar-refractivity contribution in [2.75, 3.05) is 0 Å². The summed E-state index contributed by atoms with van der Waals surface area (Å²) >= 11 is 0. The molecule has 0 fully saturated rings. The highest BCUT2D eigenvalue weighted by Crippen LogP contribution is 1.72. The van der Waals surface area contributed by atoms with Gasteiger partial charge in [0.05, 0.1) is 0 Å². The molecule has 0 aliphatic heterocycles. The first-order valence-electron chi connectivity index (χ1n) is 1.64. The Morgan fingerprint density at radius 2 is 2.33 bits per heavy atom. The van der Waals surface area contributed by atoms with Gasteiger partial charge in [0.2, 0.25) is 0 Å². The molecule has 0 bridgehead atoms. The molecule has 0 unspecified atom stereocenters. The molecule has 1 N–H and O–H groups in total. The molecule has 0 rings (SSSR count). The zero-order valence-corrected chi connectivity index (χ0v) is 3.86. The summed E-state index contributed by atoms with van der Waals surface area (Å²) in [5, 5.41) is 3.34. The van der Waals surface area contributed by atoms with Crippen molar-refractivity contribution in [3.63, 3.8) is 0 Å². The van der Waals surface area contributed by atoms with E-state index in [4.69, 9.17) is 0 Å². The second-order valence-corrected chi connectivity index (χ2v) is 1.05. The molecule has 0 saturated carbocycles.